The lowest BCUT2D eigenvalue weighted by Gasteiger charge is -2.24. The van der Waals surface area contributed by atoms with Crippen LogP contribution in [0.3, 0.4) is 0 Å². The van der Waals surface area contributed by atoms with Crippen molar-refractivity contribution in [3.63, 3.8) is 0 Å². The number of amides is 1. The van der Waals surface area contributed by atoms with Gasteiger partial charge in [-0.25, -0.2) is 9.78 Å². The van der Waals surface area contributed by atoms with Crippen molar-refractivity contribution >= 4 is 39.9 Å². The van der Waals surface area contributed by atoms with Crippen LogP contribution in [0.4, 0.5) is 5.13 Å². The number of carbonyl (C=O) groups is 3. The number of methoxy groups -OCH3 is 2. The first-order chi connectivity index (χ1) is 19.2. The standard InChI is InChI=1S/C29H30N2O8S/c1-7-38-20-12-9-17(14-21(20)37-6)23-22(24(32)18-10-11-19(36-5)15(3)13-18)25(33)27(34)31(23)29-30-16(4)26(40-29)28(35)39-8-2/h9-14,23,32H,7-8H2,1-6H3/b24-22+/t23-/m0/s1. The van der Waals surface area contributed by atoms with Crippen molar-refractivity contribution in [2.75, 3.05) is 32.3 Å². The van der Waals surface area contributed by atoms with Crippen LogP contribution in [0.1, 0.15) is 51.9 Å². The maximum atomic E-state index is 13.5. The van der Waals surface area contributed by atoms with Crippen LogP contribution in [0.5, 0.6) is 17.2 Å². The number of Topliss-reactive ketones (excluding diaryl/α,β-unsaturated/α-hetero) is 1. The summed E-state index contributed by atoms with van der Waals surface area (Å²) in [5.74, 6) is -1.26. The molecule has 1 saturated heterocycles. The monoisotopic (exact) mass is 566 g/mol. The first-order valence-electron chi connectivity index (χ1n) is 12.6. The molecule has 1 atom stereocenters. The van der Waals surface area contributed by atoms with Crippen molar-refractivity contribution in [3.8, 4) is 17.2 Å². The minimum atomic E-state index is -1.08. The fourth-order valence-corrected chi connectivity index (χ4v) is 5.51. The second kappa shape index (κ2) is 11.8. The summed E-state index contributed by atoms with van der Waals surface area (Å²) in [6.07, 6.45) is 0. The summed E-state index contributed by atoms with van der Waals surface area (Å²) in [6.45, 7) is 7.53. The number of esters is 1. The summed E-state index contributed by atoms with van der Waals surface area (Å²) in [5.41, 5.74) is 1.76. The van der Waals surface area contributed by atoms with Crippen LogP contribution >= 0.6 is 11.3 Å². The predicted octanol–water partition coefficient (Wildman–Crippen LogP) is 4.98. The molecule has 0 spiro atoms. The van der Waals surface area contributed by atoms with E-state index >= 15 is 0 Å². The molecule has 0 unspecified atom stereocenters. The number of hydrogen-bond donors (Lipinski definition) is 1. The van der Waals surface area contributed by atoms with Gasteiger partial charge in [0.15, 0.2) is 16.6 Å². The Morgan fingerprint density at radius 1 is 1.00 bits per heavy atom. The fourth-order valence-electron chi connectivity index (χ4n) is 4.53. The van der Waals surface area contributed by atoms with Crippen LogP contribution in [0, 0.1) is 13.8 Å². The Bertz CT molecular complexity index is 1510. The number of ketones is 1. The number of aliphatic hydroxyl groups excluding tert-OH is 1. The quantitative estimate of drug-likeness (QED) is 0.165. The molecule has 1 aromatic heterocycles. The smallest absolute Gasteiger partial charge is 0.350 e. The van der Waals surface area contributed by atoms with Gasteiger partial charge in [0.2, 0.25) is 0 Å². The summed E-state index contributed by atoms with van der Waals surface area (Å²) < 4.78 is 21.6. The zero-order chi connectivity index (χ0) is 29.1. The van der Waals surface area contributed by atoms with Gasteiger partial charge >= 0.3 is 11.9 Å². The molecule has 2 aromatic carbocycles. The maximum absolute atomic E-state index is 13.5. The van der Waals surface area contributed by atoms with Crippen molar-refractivity contribution in [2.24, 2.45) is 0 Å². The third kappa shape index (κ3) is 5.12. The molecule has 0 radical (unpaired) electrons. The Kier molecular flexibility index (Phi) is 8.43. The second-order valence-corrected chi connectivity index (χ2v) is 9.81. The summed E-state index contributed by atoms with van der Waals surface area (Å²) in [4.78, 5) is 45.4. The SMILES string of the molecule is CCOC(=O)c1sc(N2C(=O)C(=O)/C(=C(/O)c3ccc(OC)c(C)c3)[C@@H]2c2ccc(OCC)c(OC)c2)nc1C. The van der Waals surface area contributed by atoms with Crippen LogP contribution in [0.25, 0.3) is 5.76 Å². The molecule has 1 N–H and O–H groups in total. The van der Waals surface area contributed by atoms with Crippen molar-refractivity contribution in [2.45, 2.75) is 33.7 Å². The Morgan fingerprint density at radius 3 is 2.33 bits per heavy atom. The normalized spacial score (nSPS) is 16.2. The zero-order valence-corrected chi connectivity index (χ0v) is 23.9. The fraction of sp³-hybridized carbons (Fsp3) is 0.310. The lowest BCUT2D eigenvalue weighted by atomic mass is 9.94. The number of carbonyl (C=O) groups excluding carboxylic acids is 3. The first kappa shape index (κ1) is 28.6. The maximum Gasteiger partial charge on any atom is 0.350 e. The highest BCUT2D eigenvalue weighted by molar-refractivity contribution is 7.17. The van der Waals surface area contributed by atoms with E-state index in [1.807, 2.05) is 6.92 Å². The molecule has 4 rings (SSSR count). The highest BCUT2D eigenvalue weighted by atomic mass is 32.1. The molecule has 1 amide bonds. The van der Waals surface area contributed by atoms with Crippen molar-refractivity contribution < 1.29 is 38.4 Å². The van der Waals surface area contributed by atoms with Crippen LogP contribution in [-0.2, 0) is 14.3 Å². The van der Waals surface area contributed by atoms with E-state index in [4.69, 9.17) is 18.9 Å². The van der Waals surface area contributed by atoms with Gasteiger partial charge in [0, 0.05) is 5.56 Å². The summed E-state index contributed by atoms with van der Waals surface area (Å²) in [6, 6.07) is 8.88. The van der Waals surface area contributed by atoms with Crippen LogP contribution in [-0.4, -0.2) is 55.2 Å². The molecule has 11 heteroatoms. The second-order valence-electron chi connectivity index (χ2n) is 8.83. The number of aliphatic hydroxyl groups is 1. The highest BCUT2D eigenvalue weighted by Crippen LogP contribution is 2.45. The highest BCUT2D eigenvalue weighted by Gasteiger charge is 2.48. The van der Waals surface area contributed by atoms with Gasteiger partial charge in [-0.15, -0.1) is 0 Å². The van der Waals surface area contributed by atoms with E-state index in [1.165, 1.54) is 19.1 Å². The van der Waals surface area contributed by atoms with Gasteiger partial charge in [-0.1, -0.05) is 17.4 Å². The minimum Gasteiger partial charge on any atom is -0.507 e. The molecule has 1 fully saturated rings. The van der Waals surface area contributed by atoms with Gasteiger partial charge in [-0.3, -0.25) is 14.5 Å². The Labute approximate surface area is 235 Å². The van der Waals surface area contributed by atoms with Gasteiger partial charge in [-0.2, -0.15) is 0 Å². The molecule has 210 valence electrons. The van der Waals surface area contributed by atoms with Crippen molar-refractivity contribution in [1.29, 1.82) is 0 Å². The number of hydrogen-bond acceptors (Lipinski definition) is 10. The van der Waals surface area contributed by atoms with Gasteiger partial charge in [0.05, 0.1) is 44.7 Å². The lowest BCUT2D eigenvalue weighted by Crippen LogP contribution is -2.29. The number of aromatic nitrogens is 1. The lowest BCUT2D eigenvalue weighted by molar-refractivity contribution is -0.132. The van der Waals surface area contributed by atoms with Crippen molar-refractivity contribution in [1.82, 2.24) is 4.98 Å². The topological polar surface area (TPSA) is 124 Å². The van der Waals surface area contributed by atoms with Gasteiger partial charge in [-0.05, 0) is 69.2 Å². The molecule has 2 heterocycles. The number of anilines is 1. The summed E-state index contributed by atoms with van der Waals surface area (Å²) in [5, 5.41) is 11.6. The largest absolute Gasteiger partial charge is 0.507 e. The van der Waals surface area contributed by atoms with E-state index in [1.54, 1.807) is 57.2 Å². The number of ether oxygens (including phenoxy) is 4. The van der Waals surface area contributed by atoms with E-state index < -0.39 is 23.7 Å². The van der Waals surface area contributed by atoms with Crippen LogP contribution < -0.4 is 19.1 Å². The molecular weight excluding hydrogens is 536 g/mol. The third-order valence-corrected chi connectivity index (χ3v) is 7.50. The number of rotatable bonds is 9. The van der Waals surface area contributed by atoms with Crippen LogP contribution in [0.15, 0.2) is 42.0 Å². The van der Waals surface area contributed by atoms with Gasteiger partial charge in [0.1, 0.15) is 16.4 Å². The number of nitrogens with zero attached hydrogens (tertiary/aromatic N) is 2. The van der Waals surface area contributed by atoms with E-state index in [-0.39, 0.29) is 27.9 Å². The molecule has 0 saturated carbocycles. The Balaban J connectivity index is 1.95. The molecule has 40 heavy (non-hydrogen) atoms. The van der Waals surface area contributed by atoms with E-state index in [0.717, 1.165) is 16.9 Å². The van der Waals surface area contributed by atoms with Gasteiger partial charge < -0.3 is 24.1 Å². The third-order valence-electron chi connectivity index (χ3n) is 6.37. The average Bonchev–Trinajstić information content (AvgIpc) is 3.45. The molecule has 3 aromatic rings. The van der Waals surface area contributed by atoms with E-state index in [9.17, 15) is 19.5 Å². The summed E-state index contributed by atoms with van der Waals surface area (Å²) >= 11 is 0.938. The first-order valence-corrected chi connectivity index (χ1v) is 13.4. The zero-order valence-electron chi connectivity index (χ0n) is 23.1. The molecule has 10 nitrogen and oxygen atoms in total. The average molecular weight is 567 g/mol. The molecular formula is C29H30N2O8S. The number of benzene rings is 2. The molecule has 1 aliphatic heterocycles. The van der Waals surface area contributed by atoms with E-state index in [0.29, 0.717) is 40.7 Å². The number of aryl methyl sites for hydroxylation is 2. The summed E-state index contributed by atoms with van der Waals surface area (Å²) in [7, 11) is 3.02. The molecule has 1 aliphatic rings. The van der Waals surface area contributed by atoms with Crippen molar-refractivity contribution in [3.05, 3.63) is 69.2 Å². The minimum absolute atomic E-state index is 0.116. The Hall–Kier alpha value is -4.38. The van der Waals surface area contributed by atoms with Gasteiger partial charge in [0.25, 0.3) is 5.78 Å². The van der Waals surface area contributed by atoms with E-state index in [2.05, 4.69) is 4.98 Å². The molecule has 0 aliphatic carbocycles. The number of thiazole rings is 1. The van der Waals surface area contributed by atoms with Crippen LogP contribution in [0.2, 0.25) is 0 Å². The predicted molar refractivity (Wildman–Crippen MR) is 149 cm³/mol. The molecule has 0 bridgehead atoms. The Morgan fingerprint density at radius 2 is 1.70 bits per heavy atom.